The van der Waals surface area contributed by atoms with E-state index in [0.29, 0.717) is 6.54 Å². The zero-order valence-corrected chi connectivity index (χ0v) is 11.0. The predicted octanol–water partition coefficient (Wildman–Crippen LogP) is 2.79. The number of benzene rings is 1. The van der Waals surface area contributed by atoms with Crippen molar-refractivity contribution in [1.29, 1.82) is 0 Å². The van der Waals surface area contributed by atoms with Crippen molar-refractivity contribution in [2.75, 3.05) is 19.7 Å². The molecule has 0 unspecified atom stereocenters. The summed E-state index contributed by atoms with van der Waals surface area (Å²) >= 11 is 3.41. The van der Waals surface area contributed by atoms with Crippen LogP contribution in [-0.2, 0) is 6.54 Å². The van der Waals surface area contributed by atoms with Crippen LogP contribution in [0.1, 0.15) is 18.9 Å². The van der Waals surface area contributed by atoms with E-state index in [9.17, 15) is 4.39 Å². The molecule has 0 aromatic heterocycles. The van der Waals surface area contributed by atoms with Crippen LogP contribution in [0.2, 0.25) is 0 Å². The van der Waals surface area contributed by atoms with Gasteiger partial charge in [0.2, 0.25) is 0 Å². The Morgan fingerprint density at radius 2 is 2.19 bits per heavy atom. The van der Waals surface area contributed by atoms with Gasteiger partial charge in [0.05, 0.1) is 0 Å². The van der Waals surface area contributed by atoms with E-state index in [4.69, 9.17) is 5.11 Å². The summed E-state index contributed by atoms with van der Waals surface area (Å²) in [6.45, 7) is 4.68. The fourth-order valence-corrected chi connectivity index (χ4v) is 1.92. The van der Waals surface area contributed by atoms with Crippen molar-refractivity contribution in [3.05, 3.63) is 34.1 Å². The van der Waals surface area contributed by atoms with E-state index in [1.54, 1.807) is 12.1 Å². The molecule has 0 amide bonds. The van der Waals surface area contributed by atoms with Gasteiger partial charge in [-0.2, -0.15) is 0 Å². The molecular weight excluding hydrogens is 273 g/mol. The van der Waals surface area contributed by atoms with Crippen LogP contribution in [0.15, 0.2) is 22.7 Å². The van der Waals surface area contributed by atoms with Gasteiger partial charge in [0.1, 0.15) is 5.82 Å². The Labute approximate surface area is 104 Å². The zero-order chi connectivity index (χ0) is 12.0. The van der Waals surface area contributed by atoms with Gasteiger partial charge < -0.3 is 5.11 Å². The molecule has 1 aromatic carbocycles. The monoisotopic (exact) mass is 289 g/mol. The van der Waals surface area contributed by atoms with Crippen LogP contribution in [0, 0.1) is 5.82 Å². The van der Waals surface area contributed by atoms with Crippen molar-refractivity contribution >= 4 is 15.9 Å². The molecule has 0 bridgehead atoms. The molecule has 0 fully saturated rings. The van der Waals surface area contributed by atoms with Crippen LogP contribution in [0.5, 0.6) is 0 Å². The van der Waals surface area contributed by atoms with Crippen LogP contribution >= 0.6 is 15.9 Å². The molecule has 0 heterocycles. The maximum absolute atomic E-state index is 13.1. The Balaban J connectivity index is 2.65. The zero-order valence-electron chi connectivity index (χ0n) is 9.42. The molecule has 0 saturated carbocycles. The van der Waals surface area contributed by atoms with Gasteiger partial charge in [-0.05, 0) is 36.7 Å². The van der Waals surface area contributed by atoms with Crippen LogP contribution in [0.4, 0.5) is 4.39 Å². The molecule has 4 heteroatoms. The highest BCUT2D eigenvalue weighted by Gasteiger charge is 2.07. The molecule has 0 radical (unpaired) electrons. The highest BCUT2D eigenvalue weighted by molar-refractivity contribution is 9.10. The SMILES string of the molecule is CCN(CCCO)Cc1cc(F)ccc1Br. The summed E-state index contributed by atoms with van der Waals surface area (Å²) in [6, 6.07) is 4.72. The van der Waals surface area contributed by atoms with Gasteiger partial charge in [-0.1, -0.05) is 22.9 Å². The van der Waals surface area contributed by atoms with Crippen molar-refractivity contribution in [3.63, 3.8) is 0 Å². The molecule has 0 aliphatic carbocycles. The Kier molecular flexibility index (Phi) is 5.95. The lowest BCUT2D eigenvalue weighted by Crippen LogP contribution is -2.24. The molecule has 1 N–H and O–H groups in total. The van der Waals surface area contributed by atoms with Crippen LogP contribution < -0.4 is 0 Å². The minimum absolute atomic E-state index is 0.195. The first-order valence-corrected chi connectivity index (χ1v) is 6.23. The molecule has 2 nitrogen and oxygen atoms in total. The summed E-state index contributed by atoms with van der Waals surface area (Å²) in [7, 11) is 0. The summed E-state index contributed by atoms with van der Waals surface area (Å²) in [5.74, 6) is -0.212. The third-order valence-corrected chi connectivity index (χ3v) is 3.26. The highest BCUT2D eigenvalue weighted by atomic mass is 79.9. The number of aliphatic hydroxyl groups excluding tert-OH is 1. The van der Waals surface area contributed by atoms with Gasteiger partial charge in [0.15, 0.2) is 0 Å². The number of hydrogen-bond donors (Lipinski definition) is 1. The first-order valence-electron chi connectivity index (χ1n) is 5.44. The third-order valence-electron chi connectivity index (χ3n) is 2.48. The minimum Gasteiger partial charge on any atom is -0.396 e. The van der Waals surface area contributed by atoms with Crippen molar-refractivity contribution in [2.24, 2.45) is 0 Å². The van der Waals surface area contributed by atoms with Gasteiger partial charge in [-0.3, -0.25) is 4.90 Å². The van der Waals surface area contributed by atoms with E-state index in [1.165, 1.54) is 6.07 Å². The van der Waals surface area contributed by atoms with Gasteiger partial charge in [0, 0.05) is 24.2 Å². The van der Waals surface area contributed by atoms with Crippen molar-refractivity contribution < 1.29 is 9.50 Å². The molecule has 16 heavy (non-hydrogen) atoms. The summed E-state index contributed by atoms with van der Waals surface area (Å²) < 4.78 is 14.0. The lowest BCUT2D eigenvalue weighted by Gasteiger charge is -2.20. The summed E-state index contributed by atoms with van der Waals surface area (Å²) in [4.78, 5) is 2.18. The van der Waals surface area contributed by atoms with E-state index < -0.39 is 0 Å². The van der Waals surface area contributed by atoms with Gasteiger partial charge in [0.25, 0.3) is 0 Å². The van der Waals surface area contributed by atoms with E-state index in [-0.39, 0.29) is 12.4 Å². The standard InChI is InChI=1S/C12H17BrFNO/c1-2-15(6-3-7-16)9-10-8-11(14)4-5-12(10)13/h4-5,8,16H,2-3,6-7,9H2,1H3. The van der Waals surface area contributed by atoms with E-state index in [2.05, 4.69) is 27.8 Å². The Morgan fingerprint density at radius 3 is 2.81 bits per heavy atom. The molecular formula is C12H17BrFNO. The average Bonchev–Trinajstić information content (AvgIpc) is 2.28. The molecule has 1 rings (SSSR count). The Morgan fingerprint density at radius 1 is 1.44 bits per heavy atom. The van der Waals surface area contributed by atoms with E-state index >= 15 is 0 Å². The van der Waals surface area contributed by atoms with Gasteiger partial charge >= 0.3 is 0 Å². The summed E-state index contributed by atoms with van der Waals surface area (Å²) in [5, 5.41) is 8.78. The summed E-state index contributed by atoms with van der Waals surface area (Å²) in [6.07, 6.45) is 0.751. The molecule has 0 spiro atoms. The fraction of sp³-hybridized carbons (Fsp3) is 0.500. The van der Waals surface area contributed by atoms with Crippen LogP contribution in [0.25, 0.3) is 0 Å². The van der Waals surface area contributed by atoms with E-state index in [1.807, 2.05) is 0 Å². The second-order valence-corrected chi connectivity index (χ2v) is 4.54. The molecule has 0 aliphatic heterocycles. The largest absolute Gasteiger partial charge is 0.396 e. The quantitative estimate of drug-likeness (QED) is 0.871. The fourth-order valence-electron chi connectivity index (χ4n) is 1.55. The third kappa shape index (κ3) is 4.20. The van der Waals surface area contributed by atoms with Crippen LogP contribution in [0.3, 0.4) is 0 Å². The summed E-state index contributed by atoms with van der Waals surface area (Å²) in [5.41, 5.74) is 0.944. The van der Waals surface area contributed by atoms with Crippen molar-refractivity contribution in [1.82, 2.24) is 4.90 Å². The number of nitrogens with zero attached hydrogens (tertiary/aromatic N) is 1. The molecule has 0 aliphatic rings. The second kappa shape index (κ2) is 6.99. The average molecular weight is 290 g/mol. The van der Waals surface area contributed by atoms with Gasteiger partial charge in [-0.25, -0.2) is 4.39 Å². The molecule has 1 aromatic rings. The predicted molar refractivity (Wildman–Crippen MR) is 66.8 cm³/mol. The first kappa shape index (κ1) is 13.6. The topological polar surface area (TPSA) is 23.5 Å². The first-order chi connectivity index (χ1) is 7.67. The van der Waals surface area contributed by atoms with Crippen molar-refractivity contribution in [2.45, 2.75) is 19.9 Å². The van der Waals surface area contributed by atoms with Crippen molar-refractivity contribution in [3.8, 4) is 0 Å². The second-order valence-electron chi connectivity index (χ2n) is 3.68. The smallest absolute Gasteiger partial charge is 0.123 e. The Bertz CT molecular complexity index is 333. The maximum Gasteiger partial charge on any atom is 0.123 e. The highest BCUT2D eigenvalue weighted by Crippen LogP contribution is 2.19. The van der Waals surface area contributed by atoms with Gasteiger partial charge in [-0.15, -0.1) is 0 Å². The number of hydrogen-bond acceptors (Lipinski definition) is 2. The minimum atomic E-state index is -0.212. The number of rotatable bonds is 6. The van der Waals surface area contributed by atoms with Crippen LogP contribution in [-0.4, -0.2) is 29.7 Å². The lowest BCUT2D eigenvalue weighted by molar-refractivity contribution is 0.225. The molecule has 0 saturated heterocycles. The number of aliphatic hydroxyl groups is 1. The Hall–Kier alpha value is -0.450. The lowest BCUT2D eigenvalue weighted by atomic mass is 10.2. The molecule has 0 atom stereocenters. The van der Waals surface area contributed by atoms with E-state index in [0.717, 1.165) is 29.5 Å². The molecule has 90 valence electrons. The maximum atomic E-state index is 13.1. The normalized spacial score (nSPS) is 11.1. The number of halogens is 2.